The molecule has 0 aromatic rings. The first-order chi connectivity index (χ1) is 6.15. The molecular formula is C11H20O2. The van der Waals surface area contributed by atoms with E-state index in [1.807, 2.05) is 20.8 Å². The Hall–Kier alpha value is -0.370. The fraction of sp³-hybridized carbons (Fsp3) is 0.909. The monoisotopic (exact) mass is 184 g/mol. The van der Waals surface area contributed by atoms with Crippen molar-refractivity contribution in [3.05, 3.63) is 0 Å². The Morgan fingerprint density at radius 1 is 1.46 bits per heavy atom. The molecule has 0 saturated heterocycles. The quantitative estimate of drug-likeness (QED) is 0.634. The maximum atomic E-state index is 11.8. The lowest BCUT2D eigenvalue weighted by atomic mass is 9.92. The van der Waals surface area contributed by atoms with Crippen LogP contribution in [0.2, 0.25) is 0 Å². The van der Waals surface area contributed by atoms with Crippen molar-refractivity contribution in [2.24, 2.45) is 5.92 Å². The zero-order valence-corrected chi connectivity index (χ0v) is 8.93. The zero-order valence-electron chi connectivity index (χ0n) is 8.93. The first kappa shape index (κ1) is 10.7. The SMILES string of the molecule is CCCC(=O)C(C)(OCC)C1CC1. The van der Waals surface area contributed by atoms with Gasteiger partial charge in [-0.05, 0) is 39.0 Å². The van der Waals surface area contributed by atoms with Crippen LogP contribution in [0.3, 0.4) is 0 Å². The predicted octanol–water partition coefficient (Wildman–Crippen LogP) is 2.56. The molecular weight excluding hydrogens is 164 g/mol. The molecule has 1 aliphatic carbocycles. The zero-order chi connectivity index (χ0) is 9.90. The van der Waals surface area contributed by atoms with E-state index < -0.39 is 5.60 Å². The van der Waals surface area contributed by atoms with Gasteiger partial charge < -0.3 is 4.74 Å². The molecule has 1 saturated carbocycles. The Balaban J connectivity index is 2.59. The number of carbonyl (C=O) groups is 1. The first-order valence-corrected chi connectivity index (χ1v) is 5.32. The Labute approximate surface area is 80.7 Å². The van der Waals surface area contributed by atoms with Gasteiger partial charge >= 0.3 is 0 Å². The Bertz CT molecular complexity index is 185. The third-order valence-corrected chi connectivity index (χ3v) is 2.83. The lowest BCUT2D eigenvalue weighted by Gasteiger charge is -2.27. The molecule has 0 spiro atoms. The molecule has 13 heavy (non-hydrogen) atoms. The van der Waals surface area contributed by atoms with Crippen molar-refractivity contribution in [2.45, 2.75) is 52.1 Å². The van der Waals surface area contributed by atoms with Gasteiger partial charge in [0.05, 0.1) is 0 Å². The van der Waals surface area contributed by atoms with Gasteiger partial charge in [0, 0.05) is 13.0 Å². The largest absolute Gasteiger partial charge is 0.368 e. The Morgan fingerprint density at radius 2 is 2.08 bits per heavy atom. The van der Waals surface area contributed by atoms with E-state index >= 15 is 0 Å². The average Bonchev–Trinajstić information content (AvgIpc) is 2.87. The summed E-state index contributed by atoms with van der Waals surface area (Å²) in [4.78, 5) is 11.8. The number of ether oxygens (including phenoxy) is 1. The number of hydrogen-bond donors (Lipinski definition) is 0. The van der Waals surface area contributed by atoms with Gasteiger partial charge in [-0.2, -0.15) is 0 Å². The molecule has 2 nitrogen and oxygen atoms in total. The van der Waals surface area contributed by atoms with Crippen LogP contribution >= 0.6 is 0 Å². The Morgan fingerprint density at radius 3 is 2.46 bits per heavy atom. The smallest absolute Gasteiger partial charge is 0.164 e. The predicted molar refractivity (Wildman–Crippen MR) is 52.7 cm³/mol. The average molecular weight is 184 g/mol. The minimum Gasteiger partial charge on any atom is -0.368 e. The first-order valence-electron chi connectivity index (χ1n) is 5.32. The molecule has 0 aromatic heterocycles. The van der Waals surface area contributed by atoms with Gasteiger partial charge in [0.25, 0.3) is 0 Å². The van der Waals surface area contributed by atoms with Crippen LogP contribution in [0.4, 0.5) is 0 Å². The van der Waals surface area contributed by atoms with E-state index in [1.54, 1.807) is 0 Å². The second-order valence-corrected chi connectivity index (χ2v) is 3.99. The van der Waals surface area contributed by atoms with E-state index in [1.165, 1.54) is 0 Å². The van der Waals surface area contributed by atoms with Gasteiger partial charge in [-0.1, -0.05) is 6.92 Å². The molecule has 1 atom stereocenters. The highest BCUT2D eigenvalue weighted by Crippen LogP contribution is 2.42. The minimum absolute atomic E-state index is 0.291. The molecule has 1 aliphatic rings. The van der Waals surface area contributed by atoms with Gasteiger partial charge in [0.1, 0.15) is 5.60 Å². The summed E-state index contributed by atoms with van der Waals surface area (Å²) < 4.78 is 5.62. The number of Topliss-reactive ketones (excluding diaryl/α,β-unsaturated/α-hetero) is 1. The van der Waals surface area contributed by atoms with Crippen molar-refractivity contribution in [1.82, 2.24) is 0 Å². The molecule has 0 amide bonds. The summed E-state index contributed by atoms with van der Waals surface area (Å²) in [6, 6.07) is 0. The normalized spacial score (nSPS) is 21.2. The molecule has 0 radical (unpaired) electrons. The standard InChI is InChI=1S/C11H20O2/c1-4-6-10(12)11(3,13-5-2)9-7-8-9/h9H,4-8H2,1-3H3. The van der Waals surface area contributed by atoms with E-state index in [9.17, 15) is 4.79 Å². The third-order valence-electron chi connectivity index (χ3n) is 2.83. The maximum Gasteiger partial charge on any atom is 0.164 e. The molecule has 1 fully saturated rings. The molecule has 0 bridgehead atoms. The number of hydrogen-bond acceptors (Lipinski definition) is 2. The van der Waals surface area contributed by atoms with Crippen LogP contribution in [-0.4, -0.2) is 18.0 Å². The second kappa shape index (κ2) is 4.23. The summed E-state index contributed by atoms with van der Waals surface area (Å²) >= 11 is 0. The summed E-state index contributed by atoms with van der Waals surface area (Å²) in [5.74, 6) is 0.783. The topological polar surface area (TPSA) is 26.3 Å². The van der Waals surface area contributed by atoms with Gasteiger partial charge in [0.15, 0.2) is 5.78 Å². The second-order valence-electron chi connectivity index (χ2n) is 3.99. The minimum atomic E-state index is -0.467. The highest BCUT2D eigenvalue weighted by molar-refractivity contribution is 5.87. The van der Waals surface area contributed by atoms with E-state index in [-0.39, 0.29) is 0 Å². The lowest BCUT2D eigenvalue weighted by molar-refractivity contribution is -0.145. The molecule has 76 valence electrons. The summed E-state index contributed by atoms with van der Waals surface area (Å²) in [5, 5.41) is 0. The fourth-order valence-corrected chi connectivity index (χ4v) is 1.84. The number of carbonyl (C=O) groups excluding carboxylic acids is 1. The van der Waals surface area contributed by atoms with Gasteiger partial charge in [-0.3, -0.25) is 4.79 Å². The Kier molecular flexibility index (Phi) is 3.48. The molecule has 1 unspecified atom stereocenters. The summed E-state index contributed by atoms with van der Waals surface area (Å²) in [6.07, 6.45) is 3.90. The molecule has 0 aliphatic heterocycles. The van der Waals surface area contributed by atoms with Crippen LogP contribution in [0.1, 0.15) is 46.5 Å². The summed E-state index contributed by atoms with van der Waals surface area (Å²) in [7, 11) is 0. The van der Waals surface area contributed by atoms with Crippen LogP contribution in [0.25, 0.3) is 0 Å². The third kappa shape index (κ3) is 2.31. The number of ketones is 1. The molecule has 0 aromatic carbocycles. The van der Waals surface area contributed by atoms with Gasteiger partial charge in [0.2, 0.25) is 0 Å². The highest BCUT2D eigenvalue weighted by Gasteiger charge is 2.46. The lowest BCUT2D eigenvalue weighted by Crippen LogP contribution is -2.40. The summed E-state index contributed by atoms with van der Waals surface area (Å²) in [5.41, 5.74) is -0.467. The van der Waals surface area contributed by atoms with Crippen LogP contribution < -0.4 is 0 Å². The van der Waals surface area contributed by atoms with Crippen LogP contribution in [0.5, 0.6) is 0 Å². The van der Waals surface area contributed by atoms with E-state index in [2.05, 4.69) is 0 Å². The van der Waals surface area contributed by atoms with Crippen molar-refractivity contribution in [3.63, 3.8) is 0 Å². The van der Waals surface area contributed by atoms with E-state index in [0.29, 0.717) is 24.7 Å². The highest BCUT2D eigenvalue weighted by atomic mass is 16.5. The van der Waals surface area contributed by atoms with Crippen molar-refractivity contribution < 1.29 is 9.53 Å². The van der Waals surface area contributed by atoms with Crippen molar-refractivity contribution in [1.29, 1.82) is 0 Å². The van der Waals surface area contributed by atoms with Crippen LogP contribution in [0, 0.1) is 5.92 Å². The maximum absolute atomic E-state index is 11.8. The van der Waals surface area contributed by atoms with Crippen molar-refractivity contribution in [3.8, 4) is 0 Å². The number of rotatable bonds is 6. The molecule has 1 rings (SSSR count). The molecule has 2 heteroatoms. The van der Waals surface area contributed by atoms with Crippen LogP contribution in [-0.2, 0) is 9.53 Å². The van der Waals surface area contributed by atoms with E-state index in [0.717, 1.165) is 19.3 Å². The molecule has 0 heterocycles. The van der Waals surface area contributed by atoms with Crippen LogP contribution in [0.15, 0.2) is 0 Å². The van der Waals surface area contributed by atoms with Gasteiger partial charge in [-0.25, -0.2) is 0 Å². The van der Waals surface area contributed by atoms with Crippen molar-refractivity contribution in [2.75, 3.05) is 6.61 Å². The van der Waals surface area contributed by atoms with Gasteiger partial charge in [-0.15, -0.1) is 0 Å². The summed E-state index contributed by atoms with van der Waals surface area (Å²) in [6.45, 7) is 6.60. The fourth-order valence-electron chi connectivity index (χ4n) is 1.84. The van der Waals surface area contributed by atoms with E-state index in [4.69, 9.17) is 4.74 Å². The van der Waals surface area contributed by atoms with Crippen molar-refractivity contribution >= 4 is 5.78 Å². The molecule has 0 N–H and O–H groups in total.